The summed E-state index contributed by atoms with van der Waals surface area (Å²) in [5.74, 6) is -2.51. The summed E-state index contributed by atoms with van der Waals surface area (Å²) < 4.78 is 70.7. The van der Waals surface area contributed by atoms with Crippen LogP contribution in [0.4, 0.5) is 0 Å². The van der Waals surface area contributed by atoms with Crippen LogP contribution >= 0.6 is 0 Å². The van der Waals surface area contributed by atoms with Crippen LogP contribution in [0.3, 0.4) is 0 Å². The van der Waals surface area contributed by atoms with Crippen LogP contribution in [0.2, 0.25) is 0 Å². The van der Waals surface area contributed by atoms with Crippen LogP contribution in [-0.4, -0.2) is 175 Å². The molecule has 12 N–H and O–H groups in total. The third-order valence-corrected chi connectivity index (χ3v) is 8.83. The second kappa shape index (κ2) is 18.0. The van der Waals surface area contributed by atoms with Gasteiger partial charge in [-0.1, -0.05) is 0 Å². The average Bonchev–Trinajstić information content (AvgIpc) is 3.35. The van der Waals surface area contributed by atoms with Crippen LogP contribution in [-0.2, 0) is 29.2 Å². The molecule has 2 fully saturated rings. The first-order valence-corrected chi connectivity index (χ1v) is 16.0. The molecule has 20 nitrogen and oxygen atoms in total. The van der Waals surface area contributed by atoms with Gasteiger partial charge in [-0.15, -0.1) is 0 Å². The summed E-state index contributed by atoms with van der Waals surface area (Å²) in [6.07, 6.45) is -15.4. The van der Waals surface area contributed by atoms with E-state index in [4.69, 9.17) is 10.2 Å². The first kappa shape index (κ1) is 41.3. The minimum atomic E-state index is -5.18. The van der Waals surface area contributed by atoms with Crippen LogP contribution in [0.5, 0.6) is 0 Å². The lowest BCUT2D eigenvalue weighted by Gasteiger charge is -2.29. The smallest absolute Gasteiger partial charge is 0.218 e. The highest BCUT2D eigenvalue weighted by molar-refractivity contribution is 7.81. The average molecular weight is 691 g/mol. The van der Waals surface area contributed by atoms with Crippen LogP contribution in [0, 0.1) is 23.7 Å². The van der Waals surface area contributed by atoms with E-state index >= 15 is 0 Å². The topological polar surface area (TPSA) is 376 Å². The Labute approximate surface area is 253 Å². The van der Waals surface area contributed by atoms with Gasteiger partial charge in [0.25, 0.3) is 0 Å². The SMILES string of the molecule is O=S(=O)([O-])O[C@@H](CO)[C@@H](O)[C@H](O)C[C@@H]1C[C@@H](O)[C@H](O)[C@H]1CO.O=S(=O)([O-])O[C@H](CO)[C@H](O)[C@@H](O)C[C@@H]1C[C@@H](O)[C@H](O)[C@H]1CO. The molecule has 22 heteroatoms. The van der Waals surface area contributed by atoms with Gasteiger partial charge in [-0.25, -0.2) is 16.8 Å². The first-order chi connectivity index (χ1) is 20.2. The van der Waals surface area contributed by atoms with Crippen LogP contribution < -0.4 is 0 Å². The van der Waals surface area contributed by atoms with Gasteiger partial charge in [-0.3, -0.25) is 8.37 Å². The molecule has 0 bridgehead atoms. The van der Waals surface area contributed by atoms with E-state index in [2.05, 4.69) is 8.37 Å². The molecule has 0 amide bonds. The number of aliphatic hydroxyl groups is 12. The van der Waals surface area contributed by atoms with E-state index in [1.807, 2.05) is 0 Å². The van der Waals surface area contributed by atoms with Gasteiger partial charge in [0.15, 0.2) is 0 Å². The Balaban J connectivity index is 0.000000440. The third-order valence-electron chi connectivity index (χ3n) is 7.87. The molecule has 264 valence electrons. The Kier molecular flexibility index (Phi) is 16.9. The molecule has 44 heavy (non-hydrogen) atoms. The van der Waals surface area contributed by atoms with Crippen molar-refractivity contribution >= 4 is 20.8 Å². The fraction of sp³-hybridized carbons (Fsp3) is 1.00. The molecule has 0 unspecified atom stereocenters. The van der Waals surface area contributed by atoms with Gasteiger partial charge in [0, 0.05) is 25.0 Å². The number of hydrogen-bond acceptors (Lipinski definition) is 20. The molecular formula is C22H42O20S2-2. The van der Waals surface area contributed by atoms with Gasteiger partial charge in [-0.05, 0) is 37.5 Å². The van der Waals surface area contributed by atoms with Crippen LogP contribution in [0.15, 0.2) is 0 Å². The van der Waals surface area contributed by atoms with Gasteiger partial charge in [0.2, 0.25) is 20.8 Å². The van der Waals surface area contributed by atoms with Crippen molar-refractivity contribution in [2.45, 2.75) is 86.7 Å². The summed E-state index contributed by atoms with van der Waals surface area (Å²) in [5.41, 5.74) is 0. The molecule has 0 spiro atoms. The summed E-state index contributed by atoms with van der Waals surface area (Å²) in [7, 11) is -10.4. The van der Waals surface area contributed by atoms with Gasteiger partial charge in [0.05, 0.1) is 49.8 Å². The summed E-state index contributed by atoms with van der Waals surface area (Å²) in [4.78, 5) is 0. The van der Waals surface area contributed by atoms with E-state index in [-0.39, 0.29) is 25.7 Å². The monoisotopic (exact) mass is 690 g/mol. The lowest BCUT2D eigenvalue weighted by atomic mass is 9.88. The fourth-order valence-electron chi connectivity index (χ4n) is 5.52. The lowest BCUT2D eigenvalue weighted by molar-refractivity contribution is -0.0770. The van der Waals surface area contributed by atoms with Gasteiger partial charge < -0.3 is 70.4 Å². The van der Waals surface area contributed by atoms with E-state index in [0.717, 1.165) is 0 Å². The summed E-state index contributed by atoms with van der Waals surface area (Å²) in [6, 6.07) is 0. The molecule has 2 saturated carbocycles. The largest absolute Gasteiger partial charge is 0.726 e. The summed E-state index contributed by atoms with van der Waals surface area (Å²) in [6.45, 7) is -2.92. The van der Waals surface area contributed by atoms with E-state index in [9.17, 15) is 77.0 Å². The van der Waals surface area contributed by atoms with E-state index in [1.54, 1.807) is 0 Å². The van der Waals surface area contributed by atoms with E-state index in [0.29, 0.717) is 0 Å². The molecule has 0 aromatic heterocycles. The summed E-state index contributed by atoms with van der Waals surface area (Å²) in [5, 5.41) is 114. The second-order valence-corrected chi connectivity index (χ2v) is 12.9. The van der Waals surface area contributed by atoms with Crippen molar-refractivity contribution in [2.24, 2.45) is 23.7 Å². The van der Waals surface area contributed by atoms with Crippen molar-refractivity contribution in [2.75, 3.05) is 26.4 Å². The number of hydrogen-bond donors (Lipinski definition) is 12. The molecule has 0 radical (unpaired) electrons. The van der Waals surface area contributed by atoms with Gasteiger partial charge in [0.1, 0.15) is 24.4 Å². The van der Waals surface area contributed by atoms with Crippen molar-refractivity contribution in [3.8, 4) is 0 Å². The van der Waals surface area contributed by atoms with Gasteiger partial charge >= 0.3 is 0 Å². The van der Waals surface area contributed by atoms with Crippen molar-refractivity contribution in [1.29, 1.82) is 0 Å². The molecule has 2 aliphatic carbocycles. The van der Waals surface area contributed by atoms with Crippen LogP contribution in [0.25, 0.3) is 0 Å². The first-order valence-electron chi connectivity index (χ1n) is 13.4. The molecule has 0 heterocycles. The lowest BCUT2D eigenvalue weighted by Crippen LogP contribution is -2.43. The predicted octanol–water partition coefficient (Wildman–Crippen LogP) is -7.43. The predicted molar refractivity (Wildman–Crippen MR) is 138 cm³/mol. The molecule has 2 rings (SSSR count). The Morgan fingerprint density at radius 3 is 1.14 bits per heavy atom. The zero-order valence-electron chi connectivity index (χ0n) is 23.2. The number of rotatable bonds is 16. The zero-order valence-corrected chi connectivity index (χ0v) is 24.8. The van der Waals surface area contributed by atoms with Crippen molar-refractivity contribution in [3.05, 3.63) is 0 Å². The minimum absolute atomic E-state index is 0.0701. The second-order valence-electron chi connectivity index (χ2n) is 10.8. The normalized spacial score (nSPS) is 33.6. The maximum atomic E-state index is 10.5. The van der Waals surface area contributed by atoms with Crippen molar-refractivity contribution in [3.63, 3.8) is 0 Å². The van der Waals surface area contributed by atoms with Gasteiger partial charge in [-0.2, -0.15) is 0 Å². The maximum Gasteiger partial charge on any atom is 0.218 e. The molecule has 14 atom stereocenters. The molecule has 2 aliphatic rings. The maximum absolute atomic E-state index is 10.5. The quantitative estimate of drug-likeness (QED) is 0.0528. The Hall–Kier alpha value is -0.740. The molecule has 0 saturated heterocycles. The zero-order chi connectivity index (χ0) is 34.2. The third kappa shape index (κ3) is 12.5. The fourth-order valence-corrected chi connectivity index (χ4v) is 6.48. The molecule has 0 aromatic rings. The highest BCUT2D eigenvalue weighted by Crippen LogP contribution is 2.37. The molecule has 0 aliphatic heterocycles. The van der Waals surface area contributed by atoms with Crippen LogP contribution in [0.1, 0.15) is 25.7 Å². The molecular weight excluding hydrogens is 648 g/mol. The van der Waals surface area contributed by atoms with Crippen molar-refractivity contribution < 1.29 is 95.6 Å². The Morgan fingerprint density at radius 1 is 0.614 bits per heavy atom. The highest BCUT2D eigenvalue weighted by atomic mass is 32.3. The minimum Gasteiger partial charge on any atom is -0.726 e. The Bertz CT molecular complexity index is 962. The standard InChI is InChI=1S/2C11H22O10S/c2*12-3-6-5(1-7(14)10(6)16)2-8(15)11(17)9(4-13)21-22(18,19)20/h2*5-17H,1-4H2,(H,18,19,20)/p-2/t5-,6-,7+,8+,9-,10+,11-;5-,6-,7+,8-,9+,10+,11+/m00/s1. The van der Waals surface area contributed by atoms with E-state index < -0.39 is 132 Å². The highest BCUT2D eigenvalue weighted by Gasteiger charge is 2.44. The summed E-state index contributed by atoms with van der Waals surface area (Å²) >= 11 is 0. The van der Waals surface area contributed by atoms with Crippen molar-refractivity contribution in [1.82, 2.24) is 0 Å². The molecule has 0 aromatic carbocycles. The Morgan fingerprint density at radius 2 is 0.909 bits per heavy atom. The number of aliphatic hydroxyl groups excluding tert-OH is 12. The van der Waals surface area contributed by atoms with E-state index in [1.165, 1.54) is 0 Å².